The zero-order valence-electron chi connectivity index (χ0n) is 10.5. The SMILES string of the molecule is SCCn1c(Nc2ccccc2)nc2ccccc21. The number of fused-ring (bicyclic) bond motifs is 1. The van der Waals surface area contributed by atoms with Gasteiger partial charge in [0.15, 0.2) is 0 Å². The fourth-order valence-corrected chi connectivity index (χ4v) is 2.35. The van der Waals surface area contributed by atoms with Crippen molar-refractivity contribution in [2.45, 2.75) is 6.54 Å². The minimum Gasteiger partial charge on any atom is -0.326 e. The van der Waals surface area contributed by atoms with Gasteiger partial charge in [-0.3, -0.25) is 0 Å². The quantitative estimate of drug-likeness (QED) is 0.707. The molecule has 4 heteroatoms. The monoisotopic (exact) mass is 269 g/mol. The van der Waals surface area contributed by atoms with Gasteiger partial charge < -0.3 is 9.88 Å². The number of aryl methyl sites for hydroxylation is 1. The lowest BCUT2D eigenvalue weighted by Gasteiger charge is -2.09. The van der Waals surface area contributed by atoms with Crippen molar-refractivity contribution < 1.29 is 0 Å². The molecule has 0 atom stereocenters. The Balaban J connectivity index is 2.04. The number of anilines is 2. The van der Waals surface area contributed by atoms with Gasteiger partial charge in [-0.25, -0.2) is 4.98 Å². The van der Waals surface area contributed by atoms with Gasteiger partial charge >= 0.3 is 0 Å². The maximum atomic E-state index is 4.64. The molecule has 2 aromatic carbocycles. The van der Waals surface area contributed by atoms with E-state index in [2.05, 4.69) is 33.6 Å². The van der Waals surface area contributed by atoms with Crippen molar-refractivity contribution in [1.29, 1.82) is 0 Å². The van der Waals surface area contributed by atoms with E-state index in [0.717, 1.165) is 35.0 Å². The van der Waals surface area contributed by atoms with Crippen molar-refractivity contribution in [3.63, 3.8) is 0 Å². The lowest BCUT2D eigenvalue weighted by molar-refractivity contribution is 0.808. The Hall–Kier alpha value is -1.94. The van der Waals surface area contributed by atoms with E-state index in [-0.39, 0.29) is 0 Å². The molecule has 0 aliphatic carbocycles. The first kappa shape index (κ1) is 12.1. The number of rotatable bonds is 4. The summed E-state index contributed by atoms with van der Waals surface area (Å²) in [6, 6.07) is 18.2. The zero-order chi connectivity index (χ0) is 13.1. The number of hydrogen-bond donors (Lipinski definition) is 2. The normalized spacial score (nSPS) is 10.8. The van der Waals surface area contributed by atoms with Gasteiger partial charge in [0, 0.05) is 18.0 Å². The Kier molecular flexibility index (Phi) is 3.42. The summed E-state index contributed by atoms with van der Waals surface area (Å²) in [5, 5.41) is 3.36. The molecule has 1 heterocycles. The first-order valence-electron chi connectivity index (χ1n) is 6.26. The van der Waals surface area contributed by atoms with Crippen LogP contribution in [0.3, 0.4) is 0 Å². The topological polar surface area (TPSA) is 29.9 Å². The fraction of sp³-hybridized carbons (Fsp3) is 0.133. The second-order valence-electron chi connectivity index (χ2n) is 4.29. The van der Waals surface area contributed by atoms with E-state index in [1.54, 1.807) is 0 Å². The van der Waals surface area contributed by atoms with E-state index < -0.39 is 0 Å². The molecule has 1 N–H and O–H groups in total. The van der Waals surface area contributed by atoms with E-state index >= 15 is 0 Å². The van der Waals surface area contributed by atoms with Crippen LogP contribution in [0, 0.1) is 0 Å². The average molecular weight is 269 g/mol. The predicted octanol–water partition coefficient (Wildman–Crippen LogP) is 3.71. The van der Waals surface area contributed by atoms with E-state index in [4.69, 9.17) is 0 Å². The largest absolute Gasteiger partial charge is 0.326 e. The van der Waals surface area contributed by atoms with E-state index in [0.29, 0.717) is 0 Å². The Morgan fingerprint density at radius 3 is 2.53 bits per heavy atom. The first-order valence-corrected chi connectivity index (χ1v) is 6.90. The standard InChI is InChI=1S/C15H15N3S/c19-11-10-18-14-9-5-4-8-13(14)17-15(18)16-12-6-2-1-3-7-12/h1-9,19H,10-11H2,(H,16,17). The van der Waals surface area contributed by atoms with Crippen molar-refractivity contribution in [3.05, 3.63) is 54.6 Å². The van der Waals surface area contributed by atoms with Crippen molar-refractivity contribution in [3.8, 4) is 0 Å². The van der Waals surface area contributed by atoms with Gasteiger partial charge in [-0.15, -0.1) is 0 Å². The van der Waals surface area contributed by atoms with Crippen LogP contribution in [-0.2, 0) is 6.54 Å². The second-order valence-corrected chi connectivity index (χ2v) is 4.74. The highest BCUT2D eigenvalue weighted by Crippen LogP contribution is 2.22. The highest BCUT2D eigenvalue weighted by molar-refractivity contribution is 7.80. The molecule has 0 saturated carbocycles. The fourth-order valence-electron chi connectivity index (χ4n) is 2.15. The maximum Gasteiger partial charge on any atom is 0.208 e. The predicted molar refractivity (Wildman–Crippen MR) is 83.3 cm³/mol. The van der Waals surface area contributed by atoms with Gasteiger partial charge in [-0.1, -0.05) is 30.3 Å². The lowest BCUT2D eigenvalue weighted by Crippen LogP contribution is -2.04. The van der Waals surface area contributed by atoms with Crippen LogP contribution in [0.2, 0.25) is 0 Å². The molecule has 0 aliphatic rings. The molecule has 0 radical (unpaired) electrons. The molecule has 0 unspecified atom stereocenters. The maximum absolute atomic E-state index is 4.64. The number of thiol groups is 1. The number of benzene rings is 2. The zero-order valence-corrected chi connectivity index (χ0v) is 11.3. The second kappa shape index (κ2) is 5.36. The third kappa shape index (κ3) is 2.44. The Morgan fingerprint density at radius 1 is 1.00 bits per heavy atom. The smallest absolute Gasteiger partial charge is 0.208 e. The number of imidazole rings is 1. The van der Waals surface area contributed by atoms with E-state index in [1.807, 2.05) is 48.5 Å². The van der Waals surface area contributed by atoms with Crippen LogP contribution in [0.1, 0.15) is 0 Å². The summed E-state index contributed by atoms with van der Waals surface area (Å²) in [5.41, 5.74) is 3.18. The van der Waals surface area contributed by atoms with Gasteiger partial charge in [-0.2, -0.15) is 12.6 Å². The lowest BCUT2D eigenvalue weighted by atomic mass is 10.3. The van der Waals surface area contributed by atoms with Gasteiger partial charge in [-0.05, 0) is 24.3 Å². The van der Waals surface area contributed by atoms with Crippen molar-refractivity contribution >= 4 is 35.3 Å². The van der Waals surface area contributed by atoms with Gasteiger partial charge in [0.05, 0.1) is 11.0 Å². The van der Waals surface area contributed by atoms with Crippen LogP contribution in [-0.4, -0.2) is 15.3 Å². The molecule has 3 aromatic rings. The summed E-state index contributed by atoms with van der Waals surface area (Å²) in [5.74, 6) is 1.64. The summed E-state index contributed by atoms with van der Waals surface area (Å²) in [7, 11) is 0. The molecule has 0 spiro atoms. The molecular weight excluding hydrogens is 254 g/mol. The number of nitrogens with one attached hydrogen (secondary N) is 1. The molecule has 3 nitrogen and oxygen atoms in total. The van der Waals surface area contributed by atoms with E-state index in [1.165, 1.54) is 0 Å². The minimum absolute atomic E-state index is 0.782. The summed E-state index contributed by atoms with van der Waals surface area (Å²) in [6.45, 7) is 0.832. The van der Waals surface area contributed by atoms with Crippen LogP contribution in [0.25, 0.3) is 11.0 Å². The molecular formula is C15H15N3S. The van der Waals surface area contributed by atoms with Crippen LogP contribution >= 0.6 is 12.6 Å². The third-order valence-corrected chi connectivity index (χ3v) is 3.21. The summed E-state index contributed by atoms with van der Waals surface area (Å²) >= 11 is 4.33. The summed E-state index contributed by atoms with van der Waals surface area (Å²) in [4.78, 5) is 4.64. The molecule has 0 bridgehead atoms. The number of aromatic nitrogens is 2. The Labute approximate surface area is 117 Å². The summed E-state index contributed by atoms with van der Waals surface area (Å²) in [6.07, 6.45) is 0. The molecule has 0 fully saturated rings. The molecule has 3 rings (SSSR count). The third-order valence-electron chi connectivity index (χ3n) is 3.01. The Morgan fingerprint density at radius 2 is 1.74 bits per heavy atom. The average Bonchev–Trinajstić information content (AvgIpc) is 2.79. The highest BCUT2D eigenvalue weighted by Gasteiger charge is 2.09. The van der Waals surface area contributed by atoms with Crippen LogP contribution in [0.4, 0.5) is 11.6 Å². The number of para-hydroxylation sites is 3. The molecule has 0 aliphatic heterocycles. The molecule has 0 amide bonds. The molecule has 0 saturated heterocycles. The van der Waals surface area contributed by atoms with Gasteiger partial charge in [0.2, 0.25) is 5.95 Å². The highest BCUT2D eigenvalue weighted by atomic mass is 32.1. The minimum atomic E-state index is 0.782. The van der Waals surface area contributed by atoms with Crippen molar-refractivity contribution in [1.82, 2.24) is 9.55 Å². The van der Waals surface area contributed by atoms with E-state index in [9.17, 15) is 0 Å². The Bertz CT molecular complexity index is 676. The van der Waals surface area contributed by atoms with Gasteiger partial charge in [0.1, 0.15) is 0 Å². The van der Waals surface area contributed by atoms with Gasteiger partial charge in [0.25, 0.3) is 0 Å². The van der Waals surface area contributed by atoms with Crippen LogP contribution in [0.15, 0.2) is 54.6 Å². The number of hydrogen-bond acceptors (Lipinski definition) is 3. The molecule has 19 heavy (non-hydrogen) atoms. The van der Waals surface area contributed by atoms with Crippen molar-refractivity contribution in [2.24, 2.45) is 0 Å². The van der Waals surface area contributed by atoms with Crippen molar-refractivity contribution in [2.75, 3.05) is 11.1 Å². The first-order chi connectivity index (χ1) is 9.38. The van der Waals surface area contributed by atoms with Crippen LogP contribution in [0.5, 0.6) is 0 Å². The number of nitrogens with zero attached hydrogens (tertiary/aromatic N) is 2. The molecule has 1 aromatic heterocycles. The summed E-state index contributed by atoms with van der Waals surface area (Å²) < 4.78 is 2.16. The van der Waals surface area contributed by atoms with Crippen LogP contribution < -0.4 is 5.32 Å². The molecule has 96 valence electrons.